The van der Waals surface area contributed by atoms with Gasteiger partial charge in [0.15, 0.2) is 0 Å². The predicted octanol–water partition coefficient (Wildman–Crippen LogP) is 3.13. The van der Waals surface area contributed by atoms with Crippen LogP contribution in [0.4, 0.5) is 0 Å². The van der Waals surface area contributed by atoms with Gasteiger partial charge in [-0.1, -0.05) is 0 Å². The molecule has 8 nitrogen and oxygen atoms in total. The van der Waals surface area contributed by atoms with Crippen molar-refractivity contribution in [3.63, 3.8) is 0 Å². The first-order valence-electron chi connectivity index (χ1n) is 9.02. The van der Waals surface area contributed by atoms with E-state index in [2.05, 4.69) is 38.5 Å². The molecule has 0 bridgehead atoms. The van der Waals surface area contributed by atoms with Gasteiger partial charge in [-0.05, 0) is 31.0 Å². The number of imidazole rings is 1. The Morgan fingerprint density at radius 3 is 2.89 bits per heavy atom. The van der Waals surface area contributed by atoms with Crippen LogP contribution in [0.2, 0.25) is 0 Å². The van der Waals surface area contributed by atoms with E-state index in [-0.39, 0.29) is 11.5 Å². The maximum atomic E-state index is 9.27. The summed E-state index contributed by atoms with van der Waals surface area (Å²) in [5.74, 6) is -0.00986. The highest BCUT2D eigenvalue weighted by Gasteiger charge is 2.46. The maximum Gasteiger partial charge on any atom is 0.137 e. The summed E-state index contributed by atoms with van der Waals surface area (Å²) in [6.07, 6.45) is 10.9. The van der Waals surface area contributed by atoms with Crippen LogP contribution in [0.3, 0.4) is 0 Å². The zero-order chi connectivity index (χ0) is 19.1. The molecule has 8 heteroatoms. The van der Waals surface area contributed by atoms with Gasteiger partial charge in [-0.25, -0.2) is 4.98 Å². The lowest BCUT2D eigenvalue weighted by molar-refractivity contribution is 0.0882. The van der Waals surface area contributed by atoms with E-state index in [1.807, 2.05) is 39.8 Å². The Kier molecular flexibility index (Phi) is 3.53. The lowest BCUT2D eigenvalue weighted by Gasteiger charge is -2.43. The van der Waals surface area contributed by atoms with Crippen LogP contribution in [0.15, 0.2) is 49.2 Å². The highest BCUT2D eigenvalue weighted by atomic mass is 15.3. The van der Waals surface area contributed by atoms with Crippen LogP contribution < -0.4 is 0 Å². The molecule has 0 aromatic carbocycles. The van der Waals surface area contributed by atoms with Crippen molar-refractivity contribution in [1.82, 2.24) is 29.4 Å². The Morgan fingerprint density at radius 1 is 1.25 bits per heavy atom. The molecule has 136 valence electrons. The van der Waals surface area contributed by atoms with Crippen LogP contribution >= 0.6 is 0 Å². The van der Waals surface area contributed by atoms with Crippen molar-refractivity contribution in [2.45, 2.75) is 24.8 Å². The van der Waals surface area contributed by atoms with E-state index in [9.17, 15) is 5.26 Å². The van der Waals surface area contributed by atoms with E-state index in [1.165, 1.54) is 0 Å². The molecule has 4 heterocycles. The standard InChI is InChI=1S/C20H16N8/c21-3-2-20(9-14(10-20)11-22)28-13-16(12-25-28)18-7-15(17-1-4-24-26-17)8-19-23-5-6-27(18)19/h1,4-8,12-14H,2,9-10H2,(H,24,26)/t14-,20+. The van der Waals surface area contributed by atoms with Crippen LogP contribution in [0.25, 0.3) is 28.2 Å². The summed E-state index contributed by atoms with van der Waals surface area (Å²) in [6, 6.07) is 10.5. The van der Waals surface area contributed by atoms with E-state index in [0.29, 0.717) is 19.3 Å². The van der Waals surface area contributed by atoms with Gasteiger partial charge in [-0.2, -0.15) is 20.7 Å². The number of nitrogens with one attached hydrogen (secondary N) is 1. The Hall–Kier alpha value is -3.91. The smallest absolute Gasteiger partial charge is 0.137 e. The number of pyridine rings is 1. The van der Waals surface area contributed by atoms with E-state index in [1.54, 1.807) is 12.4 Å². The molecule has 1 fully saturated rings. The number of nitrogens with zero attached hydrogens (tertiary/aromatic N) is 7. The third-order valence-corrected chi connectivity index (χ3v) is 5.51. The largest absolute Gasteiger partial charge is 0.300 e. The van der Waals surface area contributed by atoms with Crippen LogP contribution in [0.5, 0.6) is 0 Å². The average Bonchev–Trinajstić information content (AvgIpc) is 3.44. The third-order valence-electron chi connectivity index (χ3n) is 5.51. The molecular formula is C20H16N8. The van der Waals surface area contributed by atoms with E-state index >= 15 is 0 Å². The molecule has 0 amide bonds. The summed E-state index contributed by atoms with van der Waals surface area (Å²) in [5, 5.41) is 30.1. The van der Waals surface area contributed by atoms with Gasteiger partial charge in [0.2, 0.25) is 0 Å². The molecule has 0 saturated heterocycles. The molecule has 5 rings (SSSR count). The first kappa shape index (κ1) is 16.3. The van der Waals surface area contributed by atoms with Crippen molar-refractivity contribution >= 4 is 5.65 Å². The molecule has 1 aliphatic rings. The lowest BCUT2D eigenvalue weighted by Crippen LogP contribution is -2.46. The number of hydrogen-bond acceptors (Lipinski definition) is 5. The number of nitriles is 2. The van der Waals surface area contributed by atoms with Crippen molar-refractivity contribution in [1.29, 1.82) is 10.5 Å². The molecule has 0 radical (unpaired) electrons. The predicted molar refractivity (Wildman–Crippen MR) is 101 cm³/mol. The molecule has 4 aromatic rings. The van der Waals surface area contributed by atoms with Crippen molar-refractivity contribution < 1.29 is 0 Å². The number of hydrogen-bond donors (Lipinski definition) is 1. The van der Waals surface area contributed by atoms with Gasteiger partial charge < -0.3 is 0 Å². The minimum absolute atomic E-state index is 0.00986. The normalized spacial score (nSPS) is 21.1. The van der Waals surface area contributed by atoms with Crippen LogP contribution in [0, 0.1) is 28.6 Å². The summed E-state index contributed by atoms with van der Waals surface area (Å²) >= 11 is 0. The van der Waals surface area contributed by atoms with Crippen molar-refractivity contribution in [3.05, 3.63) is 49.2 Å². The fourth-order valence-electron chi connectivity index (χ4n) is 4.04. The fraction of sp³-hybridized carbons (Fsp3) is 0.250. The Morgan fingerprint density at radius 2 is 2.14 bits per heavy atom. The van der Waals surface area contributed by atoms with Crippen LogP contribution in [0.1, 0.15) is 19.3 Å². The number of aromatic amines is 1. The minimum atomic E-state index is -0.388. The molecule has 0 aliphatic heterocycles. The Balaban J connectivity index is 1.60. The van der Waals surface area contributed by atoms with E-state index < -0.39 is 0 Å². The first-order chi connectivity index (χ1) is 13.7. The summed E-state index contributed by atoms with van der Waals surface area (Å²) in [6.45, 7) is 0. The molecule has 28 heavy (non-hydrogen) atoms. The second-order valence-corrected chi connectivity index (χ2v) is 7.21. The fourth-order valence-corrected chi connectivity index (χ4v) is 4.04. The second kappa shape index (κ2) is 6.07. The molecule has 0 unspecified atom stereocenters. The third kappa shape index (κ3) is 2.39. The Bertz CT molecular complexity index is 1230. The van der Waals surface area contributed by atoms with Crippen molar-refractivity contribution in [2.75, 3.05) is 0 Å². The zero-order valence-corrected chi connectivity index (χ0v) is 14.9. The first-order valence-corrected chi connectivity index (χ1v) is 9.02. The number of rotatable bonds is 4. The number of fused-ring (bicyclic) bond motifs is 1. The van der Waals surface area contributed by atoms with Gasteiger partial charge in [0, 0.05) is 35.9 Å². The van der Waals surface area contributed by atoms with E-state index in [0.717, 1.165) is 28.2 Å². The molecule has 0 spiro atoms. The molecule has 4 aromatic heterocycles. The van der Waals surface area contributed by atoms with E-state index in [4.69, 9.17) is 5.26 Å². The van der Waals surface area contributed by atoms with Gasteiger partial charge in [0.05, 0.1) is 47.6 Å². The second-order valence-electron chi connectivity index (χ2n) is 7.21. The SMILES string of the molecule is N#CC[C@]1(n2cc(-c3cc(-c4cc[nH]n4)cc4nccn34)cn2)C[C@@H](C#N)C1. The van der Waals surface area contributed by atoms with Crippen molar-refractivity contribution in [3.8, 4) is 34.7 Å². The maximum absolute atomic E-state index is 9.27. The Labute approximate surface area is 160 Å². The van der Waals surface area contributed by atoms with Gasteiger partial charge in [0.25, 0.3) is 0 Å². The lowest BCUT2D eigenvalue weighted by atomic mass is 9.67. The van der Waals surface area contributed by atoms with Gasteiger partial charge >= 0.3 is 0 Å². The summed E-state index contributed by atoms with van der Waals surface area (Å²) < 4.78 is 3.87. The topological polar surface area (TPSA) is 111 Å². The average molecular weight is 368 g/mol. The number of H-pyrrole nitrogens is 1. The summed E-state index contributed by atoms with van der Waals surface area (Å²) in [4.78, 5) is 4.43. The van der Waals surface area contributed by atoms with Gasteiger partial charge in [-0.3, -0.25) is 14.2 Å². The minimum Gasteiger partial charge on any atom is -0.300 e. The highest BCUT2D eigenvalue weighted by molar-refractivity contribution is 5.73. The molecule has 1 N–H and O–H groups in total. The summed E-state index contributed by atoms with van der Waals surface area (Å²) in [5.41, 5.74) is 4.11. The van der Waals surface area contributed by atoms with Gasteiger partial charge in [-0.15, -0.1) is 0 Å². The molecular weight excluding hydrogens is 352 g/mol. The monoisotopic (exact) mass is 368 g/mol. The quantitative estimate of drug-likeness (QED) is 0.595. The van der Waals surface area contributed by atoms with Crippen molar-refractivity contribution in [2.24, 2.45) is 5.92 Å². The molecule has 1 aliphatic carbocycles. The van der Waals surface area contributed by atoms with Gasteiger partial charge in [0.1, 0.15) is 5.65 Å². The molecule has 0 atom stereocenters. The summed E-state index contributed by atoms with van der Waals surface area (Å²) in [7, 11) is 0. The molecule has 1 saturated carbocycles. The highest BCUT2D eigenvalue weighted by Crippen LogP contribution is 2.46. The van der Waals surface area contributed by atoms with Crippen LogP contribution in [-0.4, -0.2) is 29.4 Å². The number of aromatic nitrogens is 6. The zero-order valence-electron chi connectivity index (χ0n) is 14.9. The van der Waals surface area contributed by atoms with Crippen LogP contribution in [-0.2, 0) is 5.54 Å².